The number of aromatic carboxylic acids is 2. The maximum absolute atomic E-state index is 12.3. The standard InChI is InChI=1S/C22H22N2O6/c25-19(13-1-5-15(6-2-13)21(27)28)23-17-9-11-18(12-10-17)24-20(26)14-3-7-16(8-4-14)22(29)30/h1-8,17-18H,9-12H2,(H,23,25)(H,24,26)(H,27,28)(H,29,30). The van der Waals surface area contributed by atoms with Crippen molar-refractivity contribution in [2.45, 2.75) is 37.8 Å². The summed E-state index contributed by atoms with van der Waals surface area (Å²) in [5.74, 6) is -2.59. The van der Waals surface area contributed by atoms with Crippen LogP contribution in [0.5, 0.6) is 0 Å². The van der Waals surface area contributed by atoms with Crippen molar-refractivity contribution in [3.05, 3.63) is 70.8 Å². The molecule has 0 aromatic heterocycles. The van der Waals surface area contributed by atoms with Crippen molar-refractivity contribution >= 4 is 23.8 Å². The van der Waals surface area contributed by atoms with Gasteiger partial charge in [-0.15, -0.1) is 0 Å². The number of nitrogens with one attached hydrogen (secondary N) is 2. The number of carbonyl (C=O) groups is 4. The number of benzene rings is 2. The van der Waals surface area contributed by atoms with Gasteiger partial charge in [-0.2, -0.15) is 0 Å². The molecule has 0 saturated heterocycles. The van der Waals surface area contributed by atoms with Crippen LogP contribution in [0.15, 0.2) is 48.5 Å². The zero-order chi connectivity index (χ0) is 21.7. The monoisotopic (exact) mass is 410 g/mol. The van der Waals surface area contributed by atoms with Crippen molar-refractivity contribution in [3.8, 4) is 0 Å². The Balaban J connectivity index is 1.47. The van der Waals surface area contributed by atoms with E-state index >= 15 is 0 Å². The first-order valence-corrected chi connectivity index (χ1v) is 9.62. The van der Waals surface area contributed by atoms with Crippen molar-refractivity contribution in [3.63, 3.8) is 0 Å². The summed E-state index contributed by atoms with van der Waals surface area (Å²) in [5, 5.41) is 23.7. The lowest BCUT2D eigenvalue weighted by molar-refractivity contribution is 0.0686. The second-order valence-electron chi connectivity index (χ2n) is 7.26. The third kappa shape index (κ3) is 5.22. The number of rotatable bonds is 6. The summed E-state index contributed by atoms with van der Waals surface area (Å²) in [6.07, 6.45) is 2.84. The van der Waals surface area contributed by atoms with E-state index in [1.807, 2.05) is 0 Å². The average Bonchev–Trinajstić information content (AvgIpc) is 2.75. The highest BCUT2D eigenvalue weighted by atomic mass is 16.4. The normalized spacial score (nSPS) is 18.3. The van der Waals surface area contributed by atoms with E-state index in [1.165, 1.54) is 48.5 Å². The molecule has 4 N–H and O–H groups in total. The molecule has 1 saturated carbocycles. The molecule has 0 unspecified atom stereocenters. The van der Waals surface area contributed by atoms with Crippen molar-refractivity contribution in [2.75, 3.05) is 0 Å². The van der Waals surface area contributed by atoms with Gasteiger partial charge < -0.3 is 20.8 Å². The summed E-state index contributed by atoms with van der Waals surface area (Å²) in [6.45, 7) is 0. The second-order valence-corrected chi connectivity index (χ2v) is 7.26. The highest BCUT2D eigenvalue weighted by Gasteiger charge is 2.24. The van der Waals surface area contributed by atoms with Gasteiger partial charge in [0.2, 0.25) is 0 Å². The zero-order valence-electron chi connectivity index (χ0n) is 16.1. The van der Waals surface area contributed by atoms with E-state index in [9.17, 15) is 19.2 Å². The van der Waals surface area contributed by atoms with Gasteiger partial charge in [0, 0.05) is 23.2 Å². The molecule has 1 fully saturated rings. The maximum Gasteiger partial charge on any atom is 0.335 e. The van der Waals surface area contributed by atoms with Crippen molar-refractivity contribution < 1.29 is 29.4 Å². The van der Waals surface area contributed by atoms with Gasteiger partial charge in [0.05, 0.1) is 11.1 Å². The Kier molecular flexibility index (Phi) is 6.46. The van der Waals surface area contributed by atoms with Crippen molar-refractivity contribution in [1.82, 2.24) is 10.6 Å². The Morgan fingerprint density at radius 3 is 1.10 bits per heavy atom. The van der Waals surface area contributed by atoms with Gasteiger partial charge in [0.1, 0.15) is 0 Å². The van der Waals surface area contributed by atoms with Crippen LogP contribution in [0, 0.1) is 0 Å². The molecule has 0 atom stereocenters. The summed E-state index contributed by atoms with van der Waals surface area (Å²) in [7, 11) is 0. The number of carboxylic acids is 2. The Labute approximate surface area is 172 Å². The van der Waals surface area contributed by atoms with Gasteiger partial charge in [0.15, 0.2) is 0 Å². The number of carboxylic acid groups (broad SMARTS) is 2. The topological polar surface area (TPSA) is 133 Å². The smallest absolute Gasteiger partial charge is 0.335 e. The van der Waals surface area contributed by atoms with E-state index < -0.39 is 11.9 Å². The summed E-state index contributed by atoms with van der Waals surface area (Å²) < 4.78 is 0. The van der Waals surface area contributed by atoms with E-state index in [0.29, 0.717) is 36.8 Å². The van der Waals surface area contributed by atoms with Gasteiger partial charge >= 0.3 is 11.9 Å². The molecule has 1 aliphatic rings. The summed E-state index contributed by atoms with van der Waals surface area (Å²) in [4.78, 5) is 46.5. The molecule has 0 aliphatic heterocycles. The number of carbonyl (C=O) groups excluding carboxylic acids is 2. The van der Waals surface area contributed by atoms with E-state index in [1.54, 1.807) is 0 Å². The highest BCUT2D eigenvalue weighted by molar-refractivity contribution is 5.96. The predicted molar refractivity (Wildman–Crippen MR) is 108 cm³/mol. The Morgan fingerprint density at radius 1 is 0.567 bits per heavy atom. The van der Waals surface area contributed by atoms with E-state index in [-0.39, 0.29) is 35.0 Å². The Hall–Kier alpha value is -3.68. The minimum atomic E-state index is -1.04. The SMILES string of the molecule is O=C(O)c1ccc(C(=O)NC2CCC(NC(=O)c3ccc(C(=O)O)cc3)CC2)cc1. The lowest BCUT2D eigenvalue weighted by atomic mass is 9.90. The fraction of sp³-hybridized carbons (Fsp3) is 0.273. The van der Waals surface area contributed by atoms with Crippen molar-refractivity contribution in [1.29, 1.82) is 0 Å². The maximum atomic E-state index is 12.3. The van der Waals surface area contributed by atoms with Crippen molar-refractivity contribution in [2.24, 2.45) is 0 Å². The van der Waals surface area contributed by atoms with Crippen LogP contribution in [0.2, 0.25) is 0 Å². The molecular formula is C22H22N2O6. The molecule has 8 nitrogen and oxygen atoms in total. The number of hydrogen-bond acceptors (Lipinski definition) is 4. The Bertz CT molecular complexity index is 865. The molecule has 2 aromatic rings. The first kappa shape index (κ1) is 21.0. The lowest BCUT2D eigenvalue weighted by Crippen LogP contribution is -2.43. The second kappa shape index (κ2) is 9.21. The van der Waals surface area contributed by atoms with Gasteiger partial charge in [-0.25, -0.2) is 9.59 Å². The molecular weight excluding hydrogens is 388 g/mol. The third-order valence-electron chi connectivity index (χ3n) is 5.19. The molecule has 0 spiro atoms. The molecule has 156 valence electrons. The van der Waals surface area contributed by atoms with Crippen LogP contribution in [0.25, 0.3) is 0 Å². The minimum Gasteiger partial charge on any atom is -0.478 e. The quantitative estimate of drug-likeness (QED) is 0.578. The number of amides is 2. The molecule has 0 bridgehead atoms. The molecule has 2 aromatic carbocycles. The van der Waals surface area contributed by atoms with Gasteiger partial charge in [0.25, 0.3) is 11.8 Å². The summed E-state index contributed by atoms with van der Waals surface area (Å²) in [6, 6.07) is 11.5. The highest BCUT2D eigenvalue weighted by Crippen LogP contribution is 2.20. The minimum absolute atomic E-state index is 0.0142. The third-order valence-corrected chi connectivity index (χ3v) is 5.19. The average molecular weight is 410 g/mol. The van der Waals surface area contributed by atoms with Crippen LogP contribution >= 0.6 is 0 Å². The zero-order valence-corrected chi connectivity index (χ0v) is 16.1. The Morgan fingerprint density at radius 2 is 0.833 bits per heavy atom. The van der Waals surface area contributed by atoms with Gasteiger partial charge in [-0.1, -0.05) is 0 Å². The van der Waals surface area contributed by atoms with Crippen LogP contribution in [-0.4, -0.2) is 46.0 Å². The fourth-order valence-corrected chi connectivity index (χ4v) is 3.45. The molecule has 0 heterocycles. The van der Waals surface area contributed by atoms with Gasteiger partial charge in [-0.05, 0) is 74.2 Å². The molecule has 8 heteroatoms. The van der Waals surface area contributed by atoms with E-state index in [2.05, 4.69) is 10.6 Å². The van der Waals surface area contributed by atoms with Crippen LogP contribution in [0.3, 0.4) is 0 Å². The molecule has 3 rings (SSSR count). The summed E-state index contributed by atoms with van der Waals surface area (Å²) in [5.41, 5.74) is 1.06. The van der Waals surface area contributed by atoms with Crippen LogP contribution < -0.4 is 10.6 Å². The van der Waals surface area contributed by atoms with Crippen LogP contribution in [0.4, 0.5) is 0 Å². The van der Waals surface area contributed by atoms with Gasteiger partial charge in [-0.3, -0.25) is 9.59 Å². The largest absolute Gasteiger partial charge is 0.478 e. The molecule has 0 radical (unpaired) electrons. The predicted octanol–water partition coefficient (Wildman–Crippen LogP) is 2.55. The first-order chi connectivity index (χ1) is 14.3. The van der Waals surface area contributed by atoms with E-state index in [4.69, 9.17) is 10.2 Å². The first-order valence-electron chi connectivity index (χ1n) is 9.62. The number of hydrogen-bond donors (Lipinski definition) is 4. The molecule has 1 aliphatic carbocycles. The lowest BCUT2D eigenvalue weighted by Gasteiger charge is -2.29. The van der Waals surface area contributed by atoms with E-state index in [0.717, 1.165) is 0 Å². The van der Waals surface area contributed by atoms with Crippen LogP contribution in [-0.2, 0) is 0 Å². The molecule has 2 amide bonds. The molecule has 30 heavy (non-hydrogen) atoms. The fourth-order valence-electron chi connectivity index (χ4n) is 3.45. The summed E-state index contributed by atoms with van der Waals surface area (Å²) >= 11 is 0. The van der Waals surface area contributed by atoms with Crippen LogP contribution in [0.1, 0.15) is 67.1 Å².